The number of hydrogen-bond acceptors (Lipinski definition) is 3. The number of ether oxygens (including phenoxy) is 1. The van der Waals surface area contributed by atoms with Crippen LogP contribution in [0.3, 0.4) is 0 Å². The normalized spacial score (nSPS) is 15.9. The fraction of sp³-hybridized carbons (Fsp3) is 0.333. The first-order valence-corrected chi connectivity index (χ1v) is 6.14. The summed E-state index contributed by atoms with van der Waals surface area (Å²) in [7, 11) is 0. The highest BCUT2D eigenvalue weighted by molar-refractivity contribution is 5.85. The predicted molar refractivity (Wildman–Crippen MR) is 70.5 cm³/mol. The van der Waals surface area contributed by atoms with Gasteiger partial charge in [-0.2, -0.15) is 5.26 Å². The van der Waals surface area contributed by atoms with E-state index in [4.69, 9.17) is 15.1 Å². The molecule has 4 heteroatoms. The molecule has 0 saturated heterocycles. The Morgan fingerprint density at radius 1 is 1.53 bits per heavy atom. The highest BCUT2D eigenvalue weighted by atomic mass is 16.5. The van der Waals surface area contributed by atoms with E-state index in [1.807, 2.05) is 18.2 Å². The lowest BCUT2D eigenvalue weighted by Crippen LogP contribution is -2.12. The molecule has 1 aromatic carbocycles. The molecule has 1 N–H and O–H groups in total. The van der Waals surface area contributed by atoms with Crippen LogP contribution in [0.4, 0.5) is 0 Å². The third-order valence-corrected chi connectivity index (χ3v) is 3.23. The largest absolute Gasteiger partial charge is 0.493 e. The molecule has 1 saturated carbocycles. The van der Waals surface area contributed by atoms with Gasteiger partial charge >= 0.3 is 5.97 Å². The van der Waals surface area contributed by atoms with E-state index < -0.39 is 5.97 Å². The van der Waals surface area contributed by atoms with Crippen molar-refractivity contribution in [2.75, 3.05) is 6.61 Å². The molecule has 2 rings (SSSR count). The highest BCUT2D eigenvalue weighted by Crippen LogP contribution is 2.48. The maximum Gasteiger partial charge on any atom is 0.328 e. The molecule has 0 amide bonds. The van der Waals surface area contributed by atoms with Crippen molar-refractivity contribution < 1.29 is 14.6 Å². The van der Waals surface area contributed by atoms with Crippen molar-refractivity contribution in [2.24, 2.45) is 5.41 Å². The summed E-state index contributed by atoms with van der Waals surface area (Å²) >= 11 is 0. The van der Waals surface area contributed by atoms with E-state index in [9.17, 15) is 4.79 Å². The average molecular weight is 257 g/mol. The van der Waals surface area contributed by atoms with Crippen LogP contribution in [-0.4, -0.2) is 17.7 Å². The quantitative estimate of drug-likeness (QED) is 0.795. The SMILES string of the molecule is N#CCC1(COc2cccc(C=CC(=O)O)c2)CC1. The van der Waals surface area contributed by atoms with Crippen molar-refractivity contribution in [3.63, 3.8) is 0 Å². The number of carbonyl (C=O) groups is 1. The van der Waals surface area contributed by atoms with Gasteiger partial charge in [0.25, 0.3) is 0 Å². The Hall–Kier alpha value is -2.28. The van der Waals surface area contributed by atoms with Crippen LogP contribution in [0.5, 0.6) is 5.75 Å². The molecule has 4 nitrogen and oxygen atoms in total. The Balaban J connectivity index is 1.96. The van der Waals surface area contributed by atoms with Crippen LogP contribution >= 0.6 is 0 Å². The number of rotatable bonds is 6. The summed E-state index contributed by atoms with van der Waals surface area (Å²) in [6.45, 7) is 0.548. The monoisotopic (exact) mass is 257 g/mol. The molecular weight excluding hydrogens is 242 g/mol. The number of nitriles is 1. The molecule has 0 spiro atoms. The molecule has 0 heterocycles. The van der Waals surface area contributed by atoms with Crippen LogP contribution < -0.4 is 4.74 Å². The van der Waals surface area contributed by atoms with Gasteiger partial charge in [-0.25, -0.2) is 4.79 Å². The molecule has 1 aliphatic carbocycles. The first-order chi connectivity index (χ1) is 9.13. The van der Waals surface area contributed by atoms with Crippen LogP contribution in [0.15, 0.2) is 30.3 Å². The summed E-state index contributed by atoms with van der Waals surface area (Å²) < 4.78 is 5.70. The van der Waals surface area contributed by atoms with Crippen molar-refractivity contribution >= 4 is 12.0 Å². The van der Waals surface area contributed by atoms with E-state index in [1.54, 1.807) is 6.07 Å². The van der Waals surface area contributed by atoms with Gasteiger partial charge in [0, 0.05) is 17.9 Å². The smallest absolute Gasteiger partial charge is 0.328 e. The van der Waals surface area contributed by atoms with Crippen LogP contribution in [0.25, 0.3) is 6.08 Å². The Morgan fingerprint density at radius 3 is 2.95 bits per heavy atom. The molecule has 0 radical (unpaired) electrons. The number of benzene rings is 1. The minimum Gasteiger partial charge on any atom is -0.493 e. The second-order valence-electron chi connectivity index (χ2n) is 4.87. The van der Waals surface area contributed by atoms with Crippen molar-refractivity contribution in [1.29, 1.82) is 5.26 Å². The third-order valence-electron chi connectivity index (χ3n) is 3.23. The van der Waals surface area contributed by atoms with Crippen LogP contribution in [-0.2, 0) is 4.79 Å². The molecule has 1 aliphatic rings. The fourth-order valence-electron chi connectivity index (χ4n) is 1.83. The van der Waals surface area contributed by atoms with Crippen LogP contribution in [0.1, 0.15) is 24.8 Å². The van der Waals surface area contributed by atoms with Gasteiger partial charge in [-0.1, -0.05) is 12.1 Å². The zero-order valence-corrected chi connectivity index (χ0v) is 10.5. The summed E-state index contributed by atoms with van der Waals surface area (Å²) in [6.07, 6.45) is 5.23. The molecule has 19 heavy (non-hydrogen) atoms. The molecule has 0 bridgehead atoms. The summed E-state index contributed by atoms with van der Waals surface area (Å²) in [4.78, 5) is 10.4. The molecule has 0 aliphatic heterocycles. The maximum atomic E-state index is 10.4. The number of carboxylic acids is 1. The topological polar surface area (TPSA) is 70.3 Å². The second-order valence-corrected chi connectivity index (χ2v) is 4.87. The van der Waals surface area contributed by atoms with Gasteiger partial charge < -0.3 is 9.84 Å². The Kier molecular flexibility index (Phi) is 3.86. The highest BCUT2D eigenvalue weighted by Gasteiger charge is 2.43. The van der Waals surface area contributed by atoms with E-state index in [0.717, 1.165) is 24.5 Å². The average Bonchev–Trinajstić information content (AvgIpc) is 3.15. The van der Waals surface area contributed by atoms with Crippen molar-refractivity contribution in [3.8, 4) is 11.8 Å². The predicted octanol–water partition coefficient (Wildman–Crippen LogP) is 2.86. The standard InChI is InChI=1S/C15H15NO3/c16-9-8-15(6-7-15)11-19-13-3-1-2-12(10-13)4-5-14(17)18/h1-5,10H,6-8,11H2,(H,17,18). The van der Waals surface area contributed by atoms with E-state index in [0.29, 0.717) is 18.8 Å². The van der Waals surface area contributed by atoms with Crippen molar-refractivity contribution in [3.05, 3.63) is 35.9 Å². The third kappa shape index (κ3) is 3.85. The number of hydrogen-bond donors (Lipinski definition) is 1. The van der Waals surface area contributed by atoms with Gasteiger partial charge in [-0.05, 0) is 36.6 Å². The van der Waals surface area contributed by atoms with Gasteiger partial charge in [0.2, 0.25) is 0 Å². The van der Waals surface area contributed by atoms with Crippen molar-refractivity contribution in [2.45, 2.75) is 19.3 Å². The van der Waals surface area contributed by atoms with Crippen LogP contribution in [0, 0.1) is 16.7 Å². The van der Waals surface area contributed by atoms with Gasteiger partial charge in [-0.3, -0.25) is 0 Å². The van der Waals surface area contributed by atoms with E-state index in [1.165, 1.54) is 6.08 Å². The first kappa shape index (κ1) is 13.2. The lowest BCUT2D eigenvalue weighted by molar-refractivity contribution is -0.131. The molecule has 0 atom stereocenters. The Bertz CT molecular complexity index is 539. The number of nitrogens with zero attached hydrogens (tertiary/aromatic N) is 1. The molecule has 0 unspecified atom stereocenters. The zero-order valence-electron chi connectivity index (χ0n) is 10.5. The van der Waals surface area contributed by atoms with Gasteiger partial charge in [0.1, 0.15) is 5.75 Å². The van der Waals surface area contributed by atoms with E-state index >= 15 is 0 Å². The maximum absolute atomic E-state index is 10.4. The van der Waals surface area contributed by atoms with Gasteiger partial charge in [-0.15, -0.1) is 0 Å². The Labute approximate surface area is 111 Å². The molecular formula is C15H15NO3. The lowest BCUT2D eigenvalue weighted by atomic mass is 10.1. The molecule has 98 valence electrons. The minimum atomic E-state index is -0.975. The van der Waals surface area contributed by atoms with Gasteiger partial charge in [0.15, 0.2) is 0 Å². The second kappa shape index (κ2) is 5.57. The fourth-order valence-corrected chi connectivity index (χ4v) is 1.83. The minimum absolute atomic E-state index is 0.0433. The van der Waals surface area contributed by atoms with E-state index in [2.05, 4.69) is 6.07 Å². The van der Waals surface area contributed by atoms with Gasteiger partial charge in [0.05, 0.1) is 12.7 Å². The van der Waals surface area contributed by atoms with Crippen molar-refractivity contribution in [1.82, 2.24) is 0 Å². The lowest BCUT2D eigenvalue weighted by Gasteiger charge is -2.13. The summed E-state index contributed by atoms with van der Waals surface area (Å²) in [5.41, 5.74) is 0.826. The number of carboxylic acid groups (broad SMARTS) is 1. The molecule has 1 aromatic rings. The molecule has 0 aromatic heterocycles. The summed E-state index contributed by atoms with van der Waals surface area (Å²) in [6, 6.07) is 9.46. The molecule has 1 fully saturated rings. The van der Waals surface area contributed by atoms with Crippen LogP contribution in [0.2, 0.25) is 0 Å². The van der Waals surface area contributed by atoms with E-state index in [-0.39, 0.29) is 5.41 Å². The zero-order chi connectivity index (χ0) is 13.7. The number of aliphatic carboxylic acids is 1. The first-order valence-electron chi connectivity index (χ1n) is 6.14. The summed E-state index contributed by atoms with van der Waals surface area (Å²) in [5.74, 6) is -0.269. The summed E-state index contributed by atoms with van der Waals surface area (Å²) in [5, 5.41) is 17.3. The Morgan fingerprint density at radius 2 is 2.32 bits per heavy atom.